The summed E-state index contributed by atoms with van der Waals surface area (Å²) in [6.07, 6.45) is 4.73. The smallest absolute Gasteiger partial charge is 0.253 e. The van der Waals surface area contributed by atoms with Gasteiger partial charge >= 0.3 is 0 Å². The number of nitrogens with one attached hydrogen (secondary N) is 1. The number of nitrogens with zero attached hydrogens (tertiary/aromatic N) is 5. The number of hydrogen-bond acceptors (Lipinski definition) is 7. The van der Waals surface area contributed by atoms with Crippen molar-refractivity contribution in [2.75, 3.05) is 32.6 Å². The molecule has 0 unspecified atom stereocenters. The third-order valence-electron chi connectivity index (χ3n) is 6.13. The number of aromatic nitrogens is 4. The summed E-state index contributed by atoms with van der Waals surface area (Å²) in [6, 6.07) is 8.15. The summed E-state index contributed by atoms with van der Waals surface area (Å²) in [5, 5.41) is 8.07. The Morgan fingerprint density at radius 1 is 1.27 bits per heavy atom. The summed E-state index contributed by atoms with van der Waals surface area (Å²) in [5.74, 6) is -1.09. The minimum atomic E-state index is -0.576. The van der Waals surface area contributed by atoms with Crippen LogP contribution in [0.15, 0.2) is 42.7 Å². The van der Waals surface area contributed by atoms with E-state index in [1.54, 1.807) is 43.4 Å². The van der Waals surface area contributed by atoms with Crippen molar-refractivity contribution in [3.05, 3.63) is 65.4 Å². The van der Waals surface area contributed by atoms with E-state index in [4.69, 9.17) is 9.84 Å². The van der Waals surface area contributed by atoms with Gasteiger partial charge in [-0.15, -0.1) is 0 Å². The Hall–Kier alpha value is -3.96. The lowest BCUT2D eigenvalue weighted by atomic mass is 9.95. The zero-order chi connectivity index (χ0) is 26.1. The summed E-state index contributed by atoms with van der Waals surface area (Å²) in [6.45, 7) is 2.21. The van der Waals surface area contributed by atoms with Gasteiger partial charge in [0.1, 0.15) is 11.5 Å². The fraction of sp³-hybridized carbons (Fsp3) is 0.269. The second-order valence-electron chi connectivity index (χ2n) is 8.69. The second kappa shape index (κ2) is 10.2. The highest BCUT2D eigenvalue weighted by molar-refractivity contribution is 7.19. The zero-order valence-electron chi connectivity index (χ0n) is 20.6. The first-order valence-corrected chi connectivity index (χ1v) is 12.5. The van der Waals surface area contributed by atoms with Crippen molar-refractivity contribution in [1.82, 2.24) is 24.6 Å². The van der Waals surface area contributed by atoms with Crippen molar-refractivity contribution in [1.29, 1.82) is 0 Å². The molecule has 1 aromatic carbocycles. The predicted octanol–water partition coefficient (Wildman–Crippen LogP) is 3.97. The number of hydrogen-bond donors (Lipinski definition) is 1. The van der Waals surface area contributed by atoms with E-state index in [9.17, 15) is 9.59 Å². The van der Waals surface area contributed by atoms with E-state index in [0.29, 0.717) is 36.8 Å². The number of halogens is 1. The number of carbonyl (C=O) groups excluding carboxylic acids is 2. The van der Waals surface area contributed by atoms with Gasteiger partial charge < -0.3 is 15.0 Å². The predicted molar refractivity (Wildman–Crippen MR) is 138 cm³/mol. The van der Waals surface area contributed by atoms with Crippen molar-refractivity contribution in [2.24, 2.45) is 0 Å². The summed E-state index contributed by atoms with van der Waals surface area (Å²) in [5.41, 5.74) is 4.49. The van der Waals surface area contributed by atoms with E-state index in [2.05, 4.69) is 15.3 Å². The molecule has 1 N–H and O–H groups in total. The standard InChI is InChI=1S/C26H25FN6O3S/c1-15(34)29-26-30-20-8-7-18-22(17-5-4-10-28-14-17)31-33(23(18)24(20)37-26)21-9-6-16(13-19(21)27)25(35)32(2)11-12-36-3/h4-6,9-10,13-14H,7-8,11-12H2,1-3H3,(H,29,30,34). The molecule has 0 radical (unpaired) electrons. The van der Waals surface area contributed by atoms with Crippen LogP contribution in [0.2, 0.25) is 0 Å². The lowest BCUT2D eigenvalue weighted by molar-refractivity contribution is -0.114. The fourth-order valence-electron chi connectivity index (χ4n) is 4.34. The van der Waals surface area contributed by atoms with Gasteiger partial charge in [-0.1, -0.05) is 11.3 Å². The maximum atomic E-state index is 15.6. The molecule has 1 aliphatic carbocycles. The number of pyridine rings is 1. The van der Waals surface area contributed by atoms with Gasteiger partial charge in [0.2, 0.25) is 5.91 Å². The molecule has 1 aliphatic rings. The number of anilines is 1. The molecule has 190 valence electrons. The van der Waals surface area contributed by atoms with Crippen molar-refractivity contribution < 1.29 is 18.7 Å². The SMILES string of the molecule is COCCN(C)C(=O)c1ccc(-n2nc(-c3cccnc3)c3c2-c2sc(NC(C)=O)nc2CC3)c(F)c1. The number of likely N-dealkylation sites (N-methyl/N-ethyl adjacent to an activating group) is 1. The molecule has 0 spiro atoms. The molecule has 3 heterocycles. The monoisotopic (exact) mass is 520 g/mol. The minimum Gasteiger partial charge on any atom is -0.383 e. The van der Waals surface area contributed by atoms with E-state index in [1.165, 1.54) is 29.2 Å². The first-order chi connectivity index (χ1) is 17.9. The van der Waals surface area contributed by atoms with E-state index >= 15 is 4.39 Å². The molecule has 0 saturated carbocycles. The third-order valence-corrected chi connectivity index (χ3v) is 7.15. The molecular weight excluding hydrogens is 495 g/mol. The van der Waals surface area contributed by atoms with E-state index in [0.717, 1.165) is 27.4 Å². The highest BCUT2D eigenvalue weighted by Gasteiger charge is 2.31. The Kier molecular flexibility index (Phi) is 6.81. The molecule has 0 bridgehead atoms. The van der Waals surface area contributed by atoms with Crippen LogP contribution in [0.1, 0.15) is 28.5 Å². The number of fused-ring (bicyclic) bond motifs is 3. The Balaban J connectivity index is 1.62. The van der Waals surface area contributed by atoms with Crippen LogP contribution in [0.5, 0.6) is 0 Å². The van der Waals surface area contributed by atoms with E-state index in [-0.39, 0.29) is 23.1 Å². The molecule has 5 rings (SSSR count). The summed E-state index contributed by atoms with van der Waals surface area (Å²) in [7, 11) is 3.21. The Morgan fingerprint density at radius 2 is 2.11 bits per heavy atom. The maximum Gasteiger partial charge on any atom is 0.253 e. The molecule has 4 aromatic rings. The van der Waals surface area contributed by atoms with Crippen LogP contribution >= 0.6 is 11.3 Å². The first-order valence-electron chi connectivity index (χ1n) is 11.7. The van der Waals surface area contributed by atoms with Crippen molar-refractivity contribution in [2.45, 2.75) is 19.8 Å². The molecule has 11 heteroatoms. The Morgan fingerprint density at radius 3 is 2.81 bits per heavy atom. The van der Waals surface area contributed by atoms with Crippen LogP contribution in [-0.4, -0.2) is 63.8 Å². The first kappa shape index (κ1) is 24.7. The number of methoxy groups -OCH3 is 1. The van der Waals surface area contributed by atoms with Gasteiger partial charge in [0, 0.05) is 56.7 Å². The van der Waals surface area contributed by atoms with Gasteiger partial charge in [0.05, 0.1) is 28.6 Å². The molecule has 0 saturated heterocycles. The van der Waals surface area contributed by atoms with Crippen LogP contribution in [0.4, 0.5) is 9.52 Å². The molecule has 9 nitrogen and oxygen atoms in total. The summed E-state index contributed by atoms with van der Waals surface area (Å²) >= 11 is 1.33. The molecule has 37 heavy (non-hydrogen) atoms. The number of ether oxygens (including phenoxy) is 1. The normalized spacial score (nSPS) is 12.1. The number of amides is 2. The van der Waals surface area contributed by atoms with Crippen LogP contribution < -0.4 is 5.32 Å². The van der Waals surface area contributed by atoms with Crippen molar-refractivity contribution in [3.63, 3.8) is 0 Å². The highest BCUT2D eigenvalue weighted by atomic mass is 32.1. The van der Waals surface area contributed by atoms with Crippen LogP contribution in [0, 0.1) is 5.82 Å². The molecule has 0 fully saturated rings. The molecule has 0 atom stereocenters. The second-order valence-corrected chi connectivity index (χ2v) is 9.69. The van der Waals surface area contributed by atoms with Crippen LogP contribution in [-0.2, 0) is 22.4 Å². The average molecular weight is 521 g/mol. The Bertz CT molecular complexity index is 1480. The highest BCUT2D eigenvalue weighted by Crippen LogP contribution is 2.44. The topological polar surface area (TPSA) is 102 Å². The van der Waals surface area contributed by atoms with Gasteiger partial charge in [0.15, 0.2) is 5.13 Å². The third kappa shape index (κ3) is 4.75. The Labute approximate surface area is 216 Å². The van der Waals surface area contributed by atoms with Crippen LogP contribution in [0.25, 0.3) is 27.5 Å². The van der Waals surface area contributed by atoms with Crippen molar-refractivity contribution in [3.8, 4) is 27.5 Å². The number of benzene rings is 1. The fourth-order valence-corrected chi connectivity index (χ4v) is 5.46. The lowest BCUT2D eigenvalue weighted by Gasteiger charge is -2.17. The summed E-state index contributed by atoms with van der Waals surface area (Å²) < 4.78 is 22.2. The van der Waals surface area contributed by atoms with Gasteiger partial charge in [-0.2, -0.15) is 5.10 Å². The largest absolute Gasteiger partial charge is 0.383 e. The lowest BCUT2D eigenvalue weighted by Crippen LogP contribution is -2.30. The molecule has 0 aliphatic heterocycles. The van der Waals surface area contributed by atoms with E-state index < -0.39 is 5.82 Å². The zero-order valence-corrected chi connectivity index (χ0v) is 21.4. The van der Waals surface area contributed by atoms with Gasteiger partial charge in [-0.3, -0.25) is 14.6 Å². The molecule has 3 aromatic heterocycles. The number of thiazole rings is 1. The van der Waals surface area contributed by atoms with Gasteiger partial charge in [-0.25, -0.2) is 14.1 Å². The van der Waals surface area contributed by atoms with Crippen LogP contribution in [0.3, 0.4) is 0 Å². The number of rotatable bonds is 7. The summed E-state index contributed by atoms with van der Waals surface area (Å²) in [4.78, 5) is 35.5. The quantitative estimate of drug-likeness (QED) is 0.396. The average Bonchev–Trinajstić information content (AvgIpc) is 3.47. The minimum absolute atomic E-state index is 0.211. The van der Waals surface area contributed by atoms with Gasteiger partial charge in [0.25, 0.3) is 5.91 Å². The maximum absolute atomic E-state index is 15.6. The van der Waals surface area contributed by atoms with E-state index in [1.807, 2.05) is 12.1 Å². The molecular formula is C26H25FN6O3S. The number of carbonyl (C=O) groups is 2. The van der Waals surface area contributed by atoms with Crippen molar-refractivity contribution >= 4 is 28.3 Å². The number of aryl methyl sites for hydroxylation is 1. The van der Waals surface area contributed by atoms with Gasteiger partial charge in [-0.05, 0) is 43.2 Å². The molecule has 2 amide bonds.